The number of aryl methyl sites for hydroxylation is 4. The fourth-order valence-corrected chi connectivity index (χ4v) is 3.48. The molecule has 2 aromatic rings. The molecule has 0 aliphatic heterocycles. The van der Waals surface area contributed by atoms with Gasteiger partial charge in [0.15, 0.2) is 0 Å². The van der Waals surface area contributed by atoms with Crippen molar-refractivity contribution in [2.75, 3.05) is 6.54 Å². The highest BCUT2D eigenvalue weighted by Crippen LogP contribution is 2.30. The summed E-state index contributed by atoms with van der Waals surface area (Å²) < 4.78 is 5.74. The van der Waals surface area contributed by atoms with E-state index in [4.69, 9.17) is 4.42 Å². The van der Waals surface area contributed by atoms with Gasteiger partial charge in [0.05, 0.1) is 6.04 Å². The second kappa shape index (κ2) is 6.07. The molecule has 1 aliphatic carbocycles. The molecule has 1 aliphatic rings. The lowest BCUT2D eigenvalue weighted by atomic mass is 9.88. The van der Waals surface area contributed by atoms with Gasteiger partial charge in [0.2, 0.25) is 0 Å². The van der Waals surface area contributed by atoms with Crippen LogP contribution >= 0.6 is 0 Å². The highest BCUT2D eigenvalue weighted by molar-refractivity contribution is 5.40. The molecule has 2 nitrogen and oxygen atoms in total. The Morgan fingerprint density at radius 3 is 2.52 bits per heavy atom. The molecule has 1 heterocycles. The normalized spacial score (nSPS) is 15.8. The van der Waals surface area contributed by atoms with Crippen molar-refractivity contribution in [2.45, 2.75) is 52.5 Å². The molecule has 2 heteroatoms. The molecule has 0 radical (unpaired) electrons. The summed E-state index contributed by atoms with van der Waals surface area (Å²) in [7, 11) is 0. The predicted octanol–water partition coefficient (Wildman–Crippen LogP) is 4.47. The molecule has 0 spiro atoms. The van der Waals surface area contributed by atoms with E-state index in [0.29, 0.717) is 0 Å². The minimum absolute atomic E-state index is 0.236. The fourth-order valence-electron chi connectivity index (χ4n) is 3.48. The topological polar surface area (TPSA) is 25.2 Å². The molecule has 0 saturated carbocycles. The second-order valence-electron chi connectivity index (χ2n) is 6.09. The van der Waals surface area contributed by atoms with Gasteiger partial charge in [0.25, 0.3) is 0 Å². The first-order valence-electron chi connectivity index (χ1n) is 8.11. The average Bonchev–Trinajstić information content (AvgIpc) is 2.83. The summed E-state index contributed by atoms with van der Waals surface area (Å²) in [6, 6.07) is 9.43. The largest absolute Gasteiger partial charge is 0.466 e. The molecular formula is C19H25NO. The van der Waals surface area contributed by atoms with E-state index in [1.165, 1.54) is 36.8 Å². The van der Waals surface area contributed by atoms with Gasteiger partial charge in [-0.3, -0.25) is 0 Å². The number of furan rings is 1. The summed E-state index contributed by atoms with van der Waals surface area (Å²) >= 11 is 0. The summed E-state index contributed by atoms with van der Waals surface area (Å²) in [6.45, 7) is 7.19. The van der Waals surface area contributed by atoms with Crippen LogP contribution in [-0.2, 0) is 12.8 Å². The van der Waals surface area contributed by atoms with Crippen LogP contribution in [0.2, 0.25) is 0 Å². The summed E-state index contributed by atoms with van der Waals surface area (Å²) in [5.74, 6) is 2.01. The van der Waals surface area contributed by atoms with Crippen molar-refractivity contribution in [3.8, 4) is 0 Å². The summed E-state index contributed by atoms with van der Waals surface area (Å²) in [4.78, 5) is 0. The maximum Gasteiger partial charge on any atom is 0.106 e. The molecule has 1 aromatic carbocycles. The van der Waals surface area contributed by atoms with Crippen molar-refractivity contribution in [3.63, 3.8) is 0 Å². The van der Waals surface area contributed by atoms with Crippen LogP contribution < -0.4 is 5.32 Å². The minimum Gasteiger partial charge on any atom is -0.466 e. The number of hydrogen-bond donors (Lipinski definition) is 1. The number of hydrogen-bond acceptors (Lipinski definition) is 2. The first-order chi connectivity index (χ1) is 10.2. The zero-order valence-electron chi connectivity index (χ0n) is 13.3. The number of fused-ring (bicyclic) bond motifs is 1. The standard InChI is InChI=1S/C19H25NO/c1-4-20-19(18-11-13(2)21-14(18)3)17-10-9-15-7-5-6-8-16(15)12-17/h9-12,19-20H,4-8H2,1-3H3. The van der Waals surface area contributed by atoms with E-state index >= 15 is 0 Å². The van der Waals surface area contributed by atoms with Crippen molar-refractivity contribution in [3.05, 3.63) is 58.0 Å². The van der Waals surface area contributed by atoms with E-state index in [2.05, 4.69) is 43.4 Å². The van der Waals surface area contributed by atoms with E-state index in [1.807, 2.05) is 6.92 Å². The van der Waals surface area contributed by atoms with Gasteiger partial charge in [0.1, 0.15) is 11.5 Å². The molecule has 0 fully saturated rings. The second-order valence-corrected chi connectivity index (χ2v) is 6.09. The predicted molar refractivity (Wildman–Crippen MR) is 86.8 cm³/mol. The monoisotopic (exact) mass is 283 g/mol. The maximum absolute atomic E-state index is 5.74. The Morgan fingerprint density at radius 2 is 1.86 bits per heavy atom. The molecule has 112 valence electrons. The molecule has 1 unspecified atom stereocenters. The van der Waals surface area contributed by atoms with Crippen LogP contribution in [0.4, 0.5) is 0 Å². The Labute approximate surface area is 127 Å². The quantitative estimate of drug-likeness (QED) is 0.895. The van der Waals surface area contributed by atoms with Crippen LogP contribution in [0, 0.1) is 13.8 Å². The van der Waals surface area contributed by atoms with Crippen molar-refractivity contribution in [2.24, 2.45) is 0 Å². The molecule has 21 heavy (non-hydrogen) atoms. The molecule has 1 atom stereocenters. The lowest BCUT2D eigenvalue weighted by Gasteiger charge is -2.22. The van der Waals surface area contributed by atoms with Gasteiger partial charge in [-0.1, -0.05) is 25.1 Å². The van der Waals surface area contributed by atoms with Crippen LogP contribution in [0.25, 0.3) is 0 Å². The van der Waals surface area contributed by atoms with Crippen LogP contribution in [0.15, 0.2) is 28.7 Å². The molecule has 0 saturated heterocycles. The summed E-state index contributed by atoms with van der Waals surface area (Å²) in [6.07, 6.45) is 5.13. The van der Waals surface area contributed by atoms with E-state index in [-0.39, 0.29) is 6.04 Å². The van der Waals surface area contributed by atoms with Gasteiger partial charge in [-0.05, 0) is 68.8 Å². The number of benzene rings is 1. The fraction of sp³-hybridized carbons (Fsp3) is 0.474. The number of rotatable bonds is 4. The summed E-state index contributed by atoms with van der Waals surface area (Å²) in [5.41, 5.74) is 5.71. The molecular weight excluding hydrogens is 258 g/mol. The third-order valence-corrected chi connectivity index (χ3v) is 4.50. The van der Waals surface area contributed by atoms with Crippen molar-refractivity contribution >= 4 is 0 Å². The zero-order chi connectivity index (χ0) is 14.8. The average molecular weight is 283 g/mol. The van der Waals surface area contributed by atoms with Gasteiger partial charge in [-0.15, -0.1) is 0 Å². The first kappa shape index (κ1) is 14.4. The first-order valence-corrected chi connectivity index (χ1v) is 8.11. The third kappa shape index (κ3) is 2.91. The Kier molecular flexibility index (Phi) is 4.16. The SMILES string of the molecule is CCNC(c1ccc2c(c1)CCCC2)c1cc(C)oc1C. The number of nitrogens with one attached hydrogen (secondary N) is 1. The third-order valence-electron chi connectivity index (χ3n) is 4.50. The van der Waals surface area contributed by atoms with E-state index in [9.17, 15) is 0 Å². The Morgan fingerprint density at radius 1 is 1.10 bits per heavy atom. The van der Waals surface area contributed by atoms with Crippen molar-refractivity contribution in [1.82, 2.24) is 5.32 Å². The van der Waals surface area contributed by atoms with Crippen LogP contribution in [0.1, 0.15) is 59.6 Å². The van der Waals surface area contributed by atoms with Crippen LogP contribution in [0.3, 0.4) is 0 Å². The van der Waals surface area contributed by atoms with Gasteiger partial charge >= 0.3 is 0 Å². The van der Waals surface area contributed by atoms with Crippen molar-refractivity contribution < 1.29 is 4.42 Å². The van der Waals surface area contributed by atoms with Crippen LogP contribution in [0.5, 0.6) is 0 Å². The molecule has 0 amide bonds. The molecule has 0 bridgehead atoms. The zero-order valence-corrected chi connectivity index (χ0v) is 13.3. The Bertz CT molecular complexity index is 626. The van der Waals surface area contributed by atoms with Crippen molar-refractivity contribution in [1.29, 1.82) is 0 Å². The van der Waals surface area contributed by atoms with E-state index in [0.717, 1.165) is 18.1 Å². The lowest BCUT2D eigenvalue weighted by Crippen LogP contribution is -2.22. The van der Waals surface area contributed by atoms with Gasteiger partial charge < -0.3 is 9.73 Å². The van der Waals surface area contributed by atoms with Crippen LogP contribution in [-0.4, -0.2) is 6.54 Å². The Hall–Kier alpha value is -1.54. The van der Waals surface area contributed by atoms with Gasteiger partial charge in [0, 0.05) is 5.56 Å². The minimum atomic E-state index is 0.236. The lowest BCUT2D eigenvalue weighted by molar-refractivity contribution is 0.495. The molecule has 1 aromatic heterocycles. The van der Waals surface area contributed by atoms with E-state index < -0.39 is 0 Å². The van der Waals surface area contributed by atoms with Gasteiger partial charge in [-0.25, -0.2) is 0 Å². The highest BCUT2D eigenvalue weighted by atomic mass is 16.3. The molecule has 3 rings (SSSR count). The Balaban J connectivity index is 1.99. The maximum atomic E-state index is 5.74. The highest BCUT2D eigenvalue weighted by Gasteiger charge is 2.20. The van der Waals surface area contributed by atoms with E-state index in [1.54, 1.807) is 11.1 Å². The summed E-state index contributed by atoms with van der Waals surface area (Å²) in [5, 5.41) is 3.62. The molecule has 1 N–H and O–H groups in total. The van der Waals surface area contributed by atoms with Gasteiger partial charge in [-0.2, -0.15) is 0 Å². The smallest absolute Gasteiger partial charge is 0.106 e.